The number of fused-ring (bicyclic) bond motifs is 1. The van der Waals surface area contributed by atoms with E-state index in [0.29, 0.717) is 17.6 Å². The second-order valence-electron chi connectivity index (χ2n) is 4.04. The Morgan fingerprint density at radius 1 is 1.53 bits per heavy atom. The maximum atomic E-state index is 5.91. The summed E-state index contributed by atoms with van der Waals surface area (Å²) in [6.45, 7) is 2.77. The molecule has 88 valence electrons. The van der Waals surface area contributed by atoms with E-state index in [1.54, 1.807) is 0 Å². The highest BCUT2D eigenvalue weighted by atomic mass is 35.5. The molecule has 0 aromatic carbocycles. The molecule has 2 heterocycles. The van der Waals surface area contributed by atoms with Gasteiger partial charge in [0.2, 0.25) is 0 Å². The van der Waals surface area contributed by atoms with Gasteiger partial charge in [0.05, 0.1) is 10.7 Å². The van der Waals surface area contributed by atoms with Crippen LogP contribution < -0.4 is 5.32 Å². The molecule has 1 atom stereocenters. The molecule has 0 amide bonds. The molecule has 1 N–H and O–H groups in total. The molecule has 2 rings (SSSR count). The normalized spacial score (nSPS) is 12.5. The number of imidazole rings is 1. The van der Waals surface area contributed by atoms with E-state index in [2.05, 4.69) is 23.1 Å². The SMILES string of the molecule is C#CCC(C)NCc1cn2cc(Cl)ccc2n1. The number of aromatic nitrogens is 2. The van der Waals surface area contributed by atoms with Crippen molar-refractivity contribution in [3.63, 3.8) is 0 Å². The molecule has 0 aliphatic carbocycles. The van der Waals surface area contributed by atoms with Gasteiger partial charge in [0.25, 0.3) is 0 Å². The maximum Gasteiger partial charge on any atom is 0.137 e. The molecule has 1 unspecified atom stereocenters. The van der Waals surface area contributed by atoms with Crippen molar-refractivity contribution in [2.45, 2.75) is 25.9 Å². The van der Waals surface area contributed by atoms with Crippen LogP contribution in [0, 0.1) is 12.3 Å². The number of nitrogens with one attached hydrogen (secondary N) is 1. The van der Waals surface area contributed by atoms with E-state index in [-0.39, 0.29) is 0 Å². The van der Waals surface area contributed by atoms with Gasteiger partial charge in [0.15, 0.2) is 0 Å². The molecule has 2 aromatic heterocycles. The number of rotatable bonds is 4. The zero-order valence-corrected chi connectivity index (χ0v) is 10.4. The summed E-state index contributed by atoms with van der Waals surface area (Å²) in [6.07, 6.45) is 9.79. The van der Waals surface area contributed by atoms with Crippen molar-refractivity contribution in [1.82, 2.24) is 14.7 Å². The van der Waals surface area contributed by atoms with Crippen molar-refractivity contribution in [2.24, 2.45) is 0 Å². The van der Waals surface area contributed by atoms with Crippen molar-refractivity contribution >= 4 is 17.2 Å². The van der Waals surface area contributed by atoms with Gasteiger partial charge in [-0.2, -0.15) is 0 Å². The lowest BCUT2D eigenvalue weighted by molar-refractivity contribution is 0.554. The number of nitrogens with zero attached hydrogens (tertiary/aromatic N) is 2. The van der Waals surface area contributed by atoms with Crippen molar-refractivity contribution in [2.75, 3.05) is 0 Å². The molecule has 0 saturated carbocycles. The van der Waals surface area contributed by atoms with E-state index in [1.807, 2.05) is 28.9 Å². The van der Waals surface area contributed by atoms with E-state index < -0.39 is 0 Å². The van der Waals surface area contributed by atoms with Crippen LogP contribution >= 0.6 is 11.6 Å². The summed E-state index contributed by atoms with van der Waals surface area (Å²) in [5.41, 5.74) is 1.88. The van der Waals surface area contributed by atoms with Gasteiger partial charge < -0.3 is 9.72 Å². The molecular formula is C13H14ClN3. The lowest BCUT2D eigenvalue weighted by Crippen LogP contribution is -2.24. The highest BCUT2D eigenvalue weighted by molar-refractivity contribution is 6.30. The second-order valence-corrected chi connectivity index (χ2v) is 4.47. The monoisotopic (exact) mass is 247 g/mol. The fourth-order valence-corrected chi connectivity index (χ4v) is 1.80. The Balaban J connectivity index is 2.07. The Kier molecular flexibility index (Phi) is 3.68. The van der Waals surface area contributed by atoms with Crippen molar-refractivity contribution < 1.29 is 0 Å². The number of terminal acetylenes is 1. The molecule has 0 saturated heterocycles. The van der Waals surface area contributed by atoms with Crippen LogP contribution in [0.4, 0.5) is 0 Å². The van der Waals surface area contributed by atoms with Crippen molar-refractivity contribution in [3.8, 4) is 12.3 Å². The van der Waals surface area contributed by atoms with E-state index >= 15 is 0 Å². The summed E-state index contributed by atoms with van der Waals surface area (Å²) in [5.74, 6) is 2.63. The third-order valence-corrected chi connectivity index (χ3v) is 2.74. The van der Waals surface area contributed by atoms with Crippen LogP contribution in [0.25, 0.3) is 5.65 Å². The van der Waals surface area contributed by atoms with Gasteiger partial charge in [-0.15, -0.1) is 12.3 Å². The van der Waals surface area contributed by atoms with E-state index in [1.165, 1.54) is 0 Å². The smallest absolute Gasteiger partial charge is 0.137 e. The van der Waals surface area contributed by atoms with Gasteiger partial charge in [-0.25, -0.2) is 4.98 Å². The predicted octanol–water partition coefficient (Wildman–Crippen LogP) is 2.49. The summed E-state index contributed by atoms with van der Waals surface area (Å²) in [7, 11) is 0. The third kappa shape index (κ3) is 3.00. The Hall–Kier alpha value is -1.50. The van der Waals surface area contributed by atoms with Crippen LogP contribution in [-0.2, 0) is 6.54 Å². The Morgan fingerprint density at radius 3 is 3.12 bits per heavy atom. The Morgan fingerprint density at radius 2 is 2.35 bits per heavy atom. The van der Waals surface area contributed by atoms with Gasteiger partial charge in [0.1, 0.15) is 5.65 Å². The minimum atomic E-state index is 0.299. The minimum Gasteiger partial charge on any atom is -0.308 e. The topological polar surface area (TPSA) is 29.3 Å². The largest absolute Gasteiger partial charge is 0.308 e. The first kappa shape index (κ1) is 12.0. The molecule has 3 nitrogen and oxygen atoms in total. The maximum absolute atomic E-state index is 5.91. The summed E-state index contributed by atoms with van der Waals surface area (Å²) < 4.78 is 1.92. The number of hydrogen-bond acceptors (Lipinski definition) is 2. The highest BCUT2D eigenvalue weighted by Crippen LogP contribution is 2.11. The Bertz CT molecular complexity index is 553. The lowest BCUT2D eigenvalue weighted by Gasteiger charge is -2.08. The molecule has 4 heteroatoms. The van der Waals surface area contributed by atoms with Crippen LogP contribution in [0.5, 0.6) is 0 Å². The van der Waals surface area contributed by atoms with Crippen LogP contribution in [0.15, 0.2) is 24.5 Å². The van der Waals surface area contributed by atoms with Gasteiger partial charge in [-0.05, 0) is 19.1 Å². The van der Waals surface area contributed by atoms with Gasteiger partial charge in [0, 0.05) is 31.4 Å². The molecule has 2 aromatic rings. The van der Waals surface area contributed by atoms with Gasteiger partial charge in [-0.3, -0.25) is 0 Å². The molecule has 0 radical (unpaired) electrons. The predicted molar refractivity (Wildman–Crippen MR) is 70.0 cm³/mol. The van der Waals surface area contributed by atoms with Crippen molar-refractivity contribution in [3.05, 3.63) is 35.2 Å². The first-order valence-corrected chi connectivity index (χ1v) is 5.87. The van der Waals surface area contributed by atoms with Gasteiger partial charge >= 0.3 is 0 Å². The highest BCUT2D eigenvalue weighted by Gasteiger charge is 2.04. The van der Waals surface area contributed by atoms with Crippen LogP contribution in [-0.4, -0.2) is 15.4 Å². The molecule has 0 bridgehead atoms. The molecule has 0 aliphatic rings. The third-order valence-electron chi connectivity index (χ3n) is 2.52. The Labute approximate surface area is 106 Å². The zero-order chi connectivity index (χ0) is 12.3. The van der Waals surface area contributed by atoms with Crippen LogP contribution in [0.1, 0.15) is 19.0 Å². The summed E-state index contributed by atoms with van der Waals surface area (Å²) in [6, 6.07) is 4.03. The average Bonchev–Trinajstić information content (AvgIpc) is 2.68. The molecule has 0 fully saturated rings. The quantitative estimate of drug-likeness (QED) is 0.842. The van der Waals surface area contributed by atoms with Gasteiger partial charge in [-0.1, -0.05) is 11.6 Å². The summed E-state index contributed by atoms with van der Waals surface area (Å²) in [4.78, 5) is 4.48. The zero-order valence-electron chi connectivity index (χ0n) is 9.65. The fraction of sp³-hybridized carbons (Fsp3) is 0.308. The number of halogens is 1. The summed E-state index contributed by atoms with van der Waals surface area (Å²) >= 11 is 5.91. The number of hydrogen-bond donors (Lipinski definition) is 1. The van der Waals surface area contributed by atoms with Crippen LogP contribution in [0.3, 0.4) is 0 Å². The first-order chi connectivity index (χ1) is 8.19. The summed E-state index contributed by atoms with van der Waals surface area (Å²) in [5, 5.41) is 4.03. The molecule has 0 spiro atoms. The van der Waals surface area contributed by atoms with E-state index in [4.69, 9.17) is 18.0 Å². The van der Waals surface area contributed by atoms with Crippen molar-refractivity contribution in [1.29, 1.82) is 0 Å². The molecule has 0 aliphatic heterocycles. The molecular weight excluding hydrogens is 234 g/mol. The standard InChI is InChI=1S/C13H14ClN3/c1-3-4-10(2)15-7-12-9-17-8-11(14)5-6-13(17)16-12/h1,5-6,8-10,15H,4,7H2,2H3. The molecule has 17 heavy (non-hydrogen) atoms. The minimum absolute atomic E-state index is 0.299. The number of pyridine rings is 1. The van der Waals surface area contributed by atoms with E-state index in [9.17, 15) is 0 Å². The van der Waals surface area contributed by atoms with Crippen LogP contribution in [0.2, 0.25) is 5.02 Å². The second kappa shape index (κ2) is 5.22. The van der Waals surface area contributed by atoms with E-state index in [0.717, 1.165) is 17.8 Å². The fourth-order valence-electron chi connectivity index (χ4n) is 1.63. The first-order valence-electron chi connectivity index (χ1n) is 5.49. The average molecular weight is 248 g/mol. The lowest BCUT2D eigenvalue weighted by atomic mass is 10.2.